The molecule has 0 saturated heterocycles. The third-order valence-electron chi connectivity index (χ3n) is 15.4. The predicted octanol–water partition coefficient (Wildman–Crippen LogP) is 23.7. The Balaban J connectivity index is 5.55. The van der Waals surface area contributed by atoms with Gasteiger partial charge < -0.3 is 33.8 Å². The Morgan fingerprint density at radius 1 is 0.269 bits per heavy atom. The Kier molecular flexibility index (Phi) is 73.7. The van der Waals surface area contributed by atoms with Crippen LogP contribution >= 0.6 is 15.6 Å². The fourth-order valence-corrected chi connectivity index (χ4v) is 11.0. The molecule has 606 valence electrons. The van der Waals surface area contributed by atoms with Gasteiger partial charge in [-0.15, -0.1) is 0 Å². The Morgan fingerprint density at radius 2 is 0.509 bits per heavy atom. The van der Waals surface area contributed by atoms with Crippen molar-refractivity contribution in [1.82, 2.24) is 0 Å². The fraction of sp³-hybridized carbons (Fsp3) is 0.551. The topological polar surface area (TPSA) is 237 Å². The summed E-state index contributed by atoms with van der Waals surface area (Å²) in [5, 5.41) is 10.6. The molecule has 0 radical (unpaired) electrons. The molecule has 0 aliphatic heterocycles. The molecule has 0 aromatic rings. The van der Waals surface area contributed by atoms with Gasteiger partial charge in [0.05, 0.1) is 26.4 Å². The van der Waals surface area contributed by atoms with Crippen molar-refractivity contribution in [2.24, 2.45) is 0 Å². The maximum absolute atomic E-state index is 13.1. The highest BCUT2D eigenvalue weighted by Gasteiger charge is 2.30. The summed E-state index contributed by atoms with van der Waals surface area (Å²) in [6, 6.07) is 0. The zero-order chi connectivity index (χ0) is 78.9. The average Bonchev–Trinajstić information content (AvgIpc) is 0.892. The van der Waals surface area contributed by atoms with Crippen molar-refractivity contribution >= 4 is 39.5 Å². The number of aliphatic hydroxyl groups excluding tert-OH is 1. The molecule has 0 aliphatic carbocycles. The molecule has 0 heterocycles. The van der Waals surface area contributed by atoms with Crippen molar-refractivity contribution in [2.45, 2.75) is 277 Å². The monoisotopic (exact) mass is 1540 g/mol. The highest BCUT2D eigenvalue weighted by molar-refractivity contribution is 7.47. The lowest BCUT2D eigenvalue weighted by Crippen LogP contribution is -2.30. The van der Waals surface area contributed by atoms with Crippen LogP contribution in [0.5, 0.6) is 0 Å². The van der Waals surface area contributed by atoms with Gasteiger partial charge in [0.25, 0.3) is 0 Å². The van der Waals surface area contributed by atoms with Crippen molar-refractivity contribution in [3.63, 3.8) is 0 Å². The minimum atomic E-state index is -5.02. The zero-order valence-electron chi connectivity index (χ0n) is 66.2. The Hall–Kier alpha value is -6.62. The van der Waals surface area contributed by atoms with Crippen molar-refractivity contribution in [1.29, 1.82) is 0 Å². The maximum Gasteiger partial charge on any atom is 0.472 e. The number of phosphoric ester groups is 2. The highest BCUT2D eigenvalue weighted by atomic mass is 31.2. The molecule has 3 N–H and O–H groups in total. The SMILES string of the molecule is CC/C=C\C/C=C\C/C=C\C/C=C\C/C=C\C/C=C\CCC(=O)OCC(COP(=O)(O)OCC(O)COP(=O)(O)OCC(COC(=O)CCC/C=C\C/C=C\C/C=C\C/C=C\C/C=C\CC)OC(=O)CCCCCCC/C=C\C/C=C\CCC)OC(=O)CCCCC/C=C\C/C=C\C/C=C\C/C=C\C/C=C\CC. The summed E-state index contributed by atoms with van der Waals surface area (Å²) in [6.07, 6.45) is 99.4. The van der Waals surface area contributed by atoms with E-state index >= 15 is 0 Å². The Bertz CT molecular complexity index is 2910. The second-order valence-electron chi connectivity index (χ2n) is 25.5. The molecule has 0 aliphatic rings. The van der Waals surface area contributed by atoms with Gasteiger partial charge in [-0.25, -0.2) is 9.13 Å². The first-order valence-corrected chi connectivity index (χ1v) is 43.0. The number of allylic oxidation sites excluding steroid dienone is 36. The number of aliphatic hydroxyl groups is 1. The van der Waals surface area contributed by atoms with Gasteiger partial charge in [-0.3, -0.25) is 37.3 Å². The number of hydrogen-bond donors (Lipinski definition) is 3. The van der Waals surface area contributed by atoms with Crippen LogP contribution in [0.1, 0.15) is 259 Å². The molecule has 17 nitrogen and oxygen atoms in total. The van der Waals surface area contributed by atoms with Crippen molar-refractivity contribution in [2.75, 3.05) is 39.6 Å². The molecule has 0 aromatic carbocycles. The van der Waals surface area contributed by atoms with Crippen LogP contribution in [0.25, 0.3) is 0 Å². The van der Waals surface area contributed by atoms with E-state index in [4.69, 9.17) is 37.0 Å². The van der Waals surface area contributed by atoms with Gasteiger partial charge in [0, 0.05) is 25.7 Å². The van der Waals surface area contributed by atoms with Crippen LogP contribution in [-0.4, -0.2) is 96.7 Å². The van der Waals surface area contributed by atoms with Crippen molar-refractivity contribution < 1.29 is 80.2 Å². The van der Waals surface area contributed by atoms with Gasteiger partial charge in [-0.05, 0) is 173 Å². The van der Waals surface area contributed by atoms with Crippen molar-refractivity contribution in [3.8, 4) is 0 Å². The Morgan fingerprint density at radius 3 is 0.833 bits per heavy atom. The number of carbonyl (C=O) groups excluding carboxylic acids is 4. The molecule has 0 aromatic heterocycles. The smallest absolute Gasteiger partial charge is 0.462 e. The summed E-state index contributed by atoms with van der Waals surface area (Å²) in [5.74, 6) is -2.42. The average molecular weight is 1540 g/mol. The van der Waals surface area contributed by atoms with Gasteiger partial charge in [0.1, 0.15) is 19.3 Å². The number of hydrogen-bond acceptors (Lipinski definition) is 15. The highest BCUT2D eigenvalue weighted by Crippen LogP contribution is 2.45. The zero-order valence-corrected chi connectivity index (χ0v) is 68.0. The Labute approximate surface area is 651 Å². The van der Waals surface area contributed by atoms with Gasteiger partial charge >= 0.3 is 39.5 Å². The molecule has 0 spiro atoms. The van der Waals surface area contributed by atoms with Crippen LogP contribution in [0.4, 0.5) is 0 Å². The third kappa shape index (κ3) is 77.5. The minimum absolute atomic E-state index is 0.0173. The van der Waals surface area contributed by atoms with Gasteiger partial charge in [0.15, 0.2) is 12.2 Å². The number of esters is 4. The van der Waals surface area contributed by atoms with Crippen LogP contribution in [-0.2, 0) is 65.4 Å². The van der Waals surface area contributed by atoms with E-state index in [9.17, 15) is 43.2 Å². The van der Waals surface area contributed by atoms with E-state index in [0.717, 1.165) is 167 Å². The van der Waals surface area contributed by atoms with Crippen LogP contribution in [0.2, 0.25) is 0 Å². The maximum atomic E-state index is 13.1. The van der Waals surface area contributed by atoms with Gasteiger partial charge in [-0.2, -0.15) is 0 Å². The number of rotatable bonds is 72. The van der Waals surface area contributed by atoms with Crippen LogP contribution in [0, 0.1) is 0 Å². The second kappa shape index (κ2) is 78.5. The molecule has 108 heavy (non-hydrogen) atoms. The summed E-state index contributed by atoms with van der Waals surface area (Å²) in [7, 11) is -10.0. The first kappa shape index (κ1) is 101. The molecule has 0 fully saturated rings. The lowest BCUT2D eigenvalue weighted by molar-refractivity contribution is -0.161. The van der Waals surface area contributed by atoms with Gasteiger partial charge in [-0.1, -0.05) is 279 Å². The summed E-state index contributed by atoms with van der Waals surface area (Å²) in [4.78, 5) is 73.0. The lowest BCUT2D eigenvalue weighted by Gasteiger charge is -2.21. The fourth-order valence-electron chi connectivity index (χ4n) is 9.46. The molecular formula is C89H138O17P2. The van der Waals surface area contributed by atoms with E-state index in [1.165, 1.54) is 0 Å². The molecule has 0 amide bonds. The molecule has 0 bridgehead atoms. The molecule has 19 heteroatoms. The first-order chi connectivity index (χ1) is 52.7. The van der Waals surface area contributed by atoms with E-state index in [2.05, 4.69) is 216 Å². The third-order valence-corrected chi connectivity index (χ3v) is 17.3. The van der Waals surface area contributed by atoms with Crippen LogP contribution in [0.3, 0.4) is 0 Å². The number of phosphoric acid groups is 2. The second-order valence-corrected chi connectivity index (χ2v) is 28.4. The first-order valence-electron chi connectivity index (χ1n) is 40.0. The normalized spacial score (nSPS) is 15.0. The molecular weight excluding hydrogens is 1400 g/mol. The summed E-state index contributed by atoms with van der Waals surface area (Å²) in [5.41, 5.74) is 0. The quantitative estimate of drug-likeness (QED) is 0.0169. The van der Waals surface area contributed by atoms with E-state index < -0.39 is 97.5 Å². The number of unbranched alkanes of at least 4 members (excludes halogenated alkanes) is 10. The summed E-state index contributed by atoms with van der Waals surface area (Å²) < 4.78 is 68.4. The van der Waals surface area contributed by atoms with Gasteiger partial charge in [0.2, 0.25) is 0 Å². The number of carbonyl (C=O) groups is 4. The van der Waals surface area contributed by atoms with E-state index in [1.807, 2.05) is 30.4 Å². The largest absolute Gasteiger partial charge is 0.472 e. The molecule has 5 atom stereocenters. The van der Waals surface area contributed by atoms with Crippen LogP contribution in [0.15, 0.2) is 219 Å². The minimum Gasteiger partial charge on any atom is -0.462 e. The van der Waals surface area contributed by atoms with Crippen LogP contribution < -0.4 is 0 Å². The van der Waals surface area contributed by atoms with E-state index in [1.54, 1.807) is 0 Å². The summed E-state index contributed by atoms with van der Waals surface area (Å²) >= 11 is 0. The predicted molar refractivity (Wildman–Crippen MR) is 445 cm³/mol. The summed E-state index contributed by atoms with van der Waals surface area (Å²) in [6.45, 7) is 4.22. The van der Waals surface area contributed by atoms with E-state index in [0.29, 0.717) is 38.5 Å². The molecule has 5 unspecified atom stereocenters. The lowest BCUT2D eigenvalue weighted by atomic mass is 10.1. The van der Waals surface area contributed by atoms with Crippen molar-refractivity contribution in [3.05, 3.63) is 219 Å². The number of ether oxygens (including phenoxy) is 4. The molecule has 0 rings (SSSR count). The standard InChI is InChI=1S/C89H138O17P2/c1-5-9-13-17-21-25-29-33-36-39-41-44-47-51-54-58-62-66-70-74-87(92)100-80-85(106-89(94)76-72-68-64-60-56-52-48-45-42-40-37-34-30-26-22-18-14-10-6-2)82-104-108(97,98)102-78-83(90)77-101-107(95,96)103-81-84(105-88(93)75-71-67-63-59-55-49-32-28-24-20-16-12-8-4)79-99-86(91)73-69-65-61-57-53-50-46-43-38-35-31-27-23-19-15-11-7-3/h9-11,13-16,20-23,25-28,32-38,41-42,44-46,50-52,54,56-57,61-62,66,83-85,90H,5-8,12,17-19,24,29-31,39-40,43,47-49,53,55,58-60,63-65,67-82H2,1-4H3,(H,95,96)(H,97,98)/b13-9-,14-10-,15-11-,20-16-,25-21-,26-22-,27-23-,32-28-,36-33-,37-34-,38-35-,44-41-,45-42-,50-46-,54-51-,56-52-,61-57-,66-62-. The van der Waals surface area contributed by atoms with E-state index in [-0.39, 0.29) is 25.7 Å². The molecule has 0 saturated carbocycles.